The minimum Gasteiger partial charge on any atom is -0.496 e. The van der Waals surface area contributed by atoms with E-state index in [0.29, 0.717) is 46.4 Å². The zero-order valence-electron chi connectivity index (χ0n) is 20.0. The topological polar surface area (TPSA) is 107 Å². The summed E-state index contributed by atoms with van der Waals surface area (Å²) in [4.78, 5) is 24.9. The average Bonchev–Trinajstić information content (AvgIpc) is 2.88. The predicted molar refractivity (Wildman–Crippen MR) is 140 cm³/mol. The van der Waals surface area contributed by atoms with Crippen LogP contribution in [0.25, 0.3) is 0 Å². The number of hydrazone groups is 1. The van der Waals surface area contributed by atoms with Gasteiger partial charge in [-0.1, -0.05) is 28.1 Å². The number of benzene rings is 3. The van der Waals surface area contributed by atoms with Crippen molar-refractivity contribution in [1.29, 1.82) is 0 Å². The van der Waals surface area contributed by atoms with Gasteiger partial charge in [0.05, 0.1) is 38.3 Å². The number of anilines is 1. The van der Waals surface area contributed by atoms with Crippen molar-refractivity contribution in [3.63, 3.8) is 0 Å². The highest BCUT2D eigenvalue weighted by Gasteiger charge is 2.13. The van der Waals surface area contributed by atoms with Gasteiger partial charge < -0.3 is 24.3 Å². The standard InChI is InChI=1S/C26H26BrN3O6/c1-4-35-24-13-17(15-28-30-26(32)19-14-18(27)10-12-21(19)33-2)9-11-23(24)36-16-25(31)29-20-7-5-6-8-22(20)34-3/h5-15H,4,16H2,1-3H3,(H,29,31)(H,30,32)/b28-15-. The number of methoxy groups -OCH3 is 2. The molecule has 3 rings (SSSR count). The monoisotopic (exact) mass is 555 g/mol. The highest BCUT2D eigenvalue weighted by atomic mass is 79.9. The average molecular weight is 556 g/mol. The quantitative estimate of drug-likeness (QED) is 0.263. The van der Waals surface area contributed by atoms with Crippen LogP contribution in [0.3, 0.4) is 0 Å². The van der Waals surface area contributed by atoms with E-state index in [-0.39, 0.29) is 12.5 Å². The molecule has 0 saturated heterocycles. The summed E-state index contributed by atoms with van der Waals surface area (Å²) in [6.07, 6.45) is 1.48. The molecule has 0 heterocycles. The van der Waals surface area contributed by atoms with Crippen LogP contribution < -0.4 is 29.7 Å². The molecule has 9 nitrogen and oxygen atoms in total. The summed E-state index contributed by atoms with van der Waals surface area (Å²) in [6.45, 7) is 2.00. The van der Waals surface area contributed by atoms with Crippen LogP contribution in [0.5, 0.6) is 23.0 Å². The Morgan fingerprint density at radius 1 is 0.917 bits per heavy atom. The second-order valence-corrected chi connectivity index (χ2v) is 8.14. The van der Waals surface area contributed by atoms with Gasteiger partial charge in [0.15, 0.2) is 18.1 Å². The number of halogens is 1. The normalized spacial score (nSPS) is 10.6. The zero-order valence-corrected chi connectivity index (χ0v) is 21.6. The SMILES string of the molecule is CCOc1cc(/C=N\NC(=O)c2cc(Br)ccc2OC)ccc1OCC(=O)Nc1ccccc1OC. The van der Waals surface area contributed by atoms with E-state index in [2.05, 4.69) is 31.8 Å². The largest absolute Gasteiger partial charge is 0.496 e. The molecule has 0 radical (unpaired) electrons. The maximum atomic E-state index is 12.5. The summed E-state index contributed by atoms with van der Waals surface area (Å²) in [5.74, 6) is 1.04. The zero-order chi connectivity index (χ0) is 25.9. The number of rotatable bonds is 11. The summed E-state index contributed by atoms with van der Waals surface area (Å²) < 4.78 is 22.5. The smallest absolute Gasteiger partial charge is 0.275 e. The fourth-order valence-electron chi connectivity index (χ4n) is 3.15. The molecule has 0 atom stereocenters. The van der Waals surface area contributed by atoms with E-state index in [1.165, 1.54) is 20.4 Å². The van der Waals surface area contributed by atoms with Gasteiger partial charge in [0.25, 0.3) is 11.8 Å². The second-order valence-electron chi connectivity index (χ2n) is 7.22. The van der Waals surface area contributed by atoms with E-state index >= 15 is 0 Å². The summed E-state index contributed by atoms with van der Waals surface area (Å²) in [5, 5.41) is 6.78. The van der Waals surface area contributed by atoms with Gasteiger partial charge in [-0.2, -0.15) is 5.10 Å². The molecule has 0 bridgehead atoms. The molecule has 0 aliphatic heterocycles. The van der Waals surface area contributed by atoms with Crippen molar-refractivity contribution >= 4 is 39.6 Å². The van der Waals surface area contributed by atoms with Crippen LogP contribution in [0.4, 0.5) is 5.69 Å². The van der Waals surface area contributed by atoms with Gasteiger partial charge in [0.2, 0.25) is 0 Å². The van der Waals surface area contributed by atoms with Gasteiger partial charge in [-0.15, -0.1) is 0 Å². The van der Waals surface area contributed by atoms with Crippen LogP contribution in [0.15, 0.2) is 70.2 Å². The molecular formula is C26H26BrN3O6. The highest BCUT2D eigenvalue weighted by Crippen LogP contribution is 2.29. The number of amides is 2. The first-order valence-electron chi connectivity index (χ1n) is 10.9. The lowest BCUT2D eigenvalue weighted by Gasteiger charge is -2.13. The van der Waals surface area contributed by atoms with Crippen LogP contribution in [0, 0.1) is 0 Å². The molecule has 3 aromatic carbocycles. The van der Waals surface area contributed by atoms with Gasteiger partial charge in [-0.3, -0.25) is 9.59 Å². The lowest BCUT2D eigenvalue weighted by molar-refractivity contribution is -0.118. The van der Waals surface area contributed by atoms with E-state index < -0.39 is 5.91 Å². The highest BCUT2D eigenvalue weighted by molar-refractivity contribution is 9.10. The van der Waals surface area contributed by atoms with E-state index in [1.807, 2.05) is 13.0 Å². The molecule has 0 aliphatic carbocycles. The number of hydrogen-bond acceptors (Lipinski definition) is 7. The number of hydrogen-bond donors (Lipinski definition) is 2. The van der Waals surface area contributed by atoms with Crippen LogP contribution in [-0.2, 0) is 4.79 Å². The Labute approximate surface area is 217 Å². The van der Waals surface area contributed by atoms with Crippen molar-refractivity contribution in [2.24, 2.45) is 5.10 Å². The van der Waals surface area contributed by atoms with Crippen molar-refractivity contribution in [2.45, 2.75) is 6.92 Å². The number of nitrogens with one attached hydrogen (secondary N) is 2. The first kappa shape index (κ1) is 26.6. The molecule has 10 heteroatoms. The van der Waals surface area contributed by atoms with Crippen molar-refractivity contribution in [3.05, 3.63) is 76.3 Å². The number of carbonyl (C=O) groups excluding carboxylic acids is 2. The fourth-order valence-corrected chi connectivity index (χ4v) is 3.51. The summed E-state index contributed by atoms with van der Waals surface area (Å²) in [6, 6.07) is 17.3. The lowest BCUT2D eigenvalue weighted by atomic mass is 10.2. The van der Waals surface area contributed by atoms with E-state index in [4.69, 9.17) is 18.9 Å². The second kappa shape index (κ2) is 13.1. The van der Waals surface area contributed by atoms with Gasteiger partial charge in [-0.25, -0.2) is 5.43 Å². The number of para-hydroxylation sites is 2. The Morgan fingerprint density at radius 3 is 2.42 bits per heavy atom. The molecule has 188 valence electrons. The third-order valence-corrected chi connectivity index (χ3v) is 5.29. The summed E-state index contributed by atoms with van der Waals surface area (Å²) >= 11 is 3.34. The Balaban J connectivity index is 1.64. The van der Waals surface area contributed by atoms with Gasteiger partial charge >= 0.3 is 0 Å². The third-order valence-electron chi connectivity index (χ3n) is 4.79. The van der Waals surface area contributed by atoms with Crippen LogP contribution in [0.2, 0.25) is 0 Å². The molecule has 0 aliphatic rings. The van der Waals surface area contributed by atoms with Crippen LogP contribution >= 0.6 is 15.9 Å². The van der Waals surface area contributed by atoms with E-state index in [1.54, 1.807) is 54.6 Å². The van der Waals surface area contributed by atoms with Gasteiger partial charge in [0.1, 0.15) is 11.5 Å². The maximum absolute atomic E-state index is 12.5. The Bertz CT molecular complexity index is 1250. The molecule has 0 saturated carbocycles. The number of nitrogens with zero attached hydrogens (tertiary/aromatic N) is 1. The summed E-state index contributed by atoms with van der Waals surface area (Å²) in [7, 11) is 3.02. The Morgan fingerprint density at radius 2 is 1.67 bits per heavy atom. The molecule has 3 aromatic rings. The van der Waals surface area contributed by atoms with Crippen molar-refractivity contribution < 1.29 is 28.5 Å². The first-order chi connectivity index (χ1) is 17.4. The molecule has 0 spiro atoms. The lowest BCUT2D eigenvalue weighted by Crippen LogP contribution is -2.20. The van der Waals surface area contributed by atoms with Crippen LogP contribution in [-0.4, -0.2) is 45.5 Å². The molecule has 0 aromatic heterocycles. The Kier molecular flexibility index (Phi) is 9.70. The molecule has 0 unspecified atom stereocenters. The first-order valence-corrected chi connectivity index (χ1v) is 11.7. The predicted octanol–water partition coefficient (Wildman–Crippen LogP) is 4.65. The van der Waals surface area contributed by atoms with Gasteiger partial charge in [0, 0.05) is 4.47 Å². The summed E-state index contributed by atoms with van der Waals surface area (Å²) in [5.41, 5.74) is 4.03. The van der Waals surface area contributed by atoms with Crippen molar-refractivity contribution in [3.8, 4) is 23.0 Å². The third kappa shape index (κ3) is 7.22. The minimum absolute atomic E-state index is 0.226. The molecule has 36 heavy (non-hydrogen) atoms. The van der Waals surface area contributed by atoms with E-state index in [9.17, 15) is 9.59 Å². The fraction of sp³-hybridized carbons (Fsp3) is 0.192. The molecular weight excluding hydrogens is 530 g/mol. The minimum atomic E-state index is -0.421. The molecule has 2 N–H and O–H groups in total. The molecule has 0 fully saturated rings. The van der Waals surface area contributed by atoms with E-state index in [0.717, 1.165) is 4.47 Å². The Hall–Kier alpha value is -4.05. The van der Waals surface area contributed by atoms with Crippen molar-refractivity contribution in [2.75, 3.05) is 32.8 Å². The van der Waals surface area contributed by atoms with Crippen molar-refractivity contribution in [1.82, 2.24) is 5.43 Å². The number of ether oxygens (including phenoxy) is 4. The number of carbonyl (C=O) groups is 2. The van der Waals surface area contributed by atoms with Crippen LogP contribution in [0.1, 0.15) is 22.8 Å². The molecule has 2 amide bonds. The maximum Gasteiger partial charge on any atom is 0.275 e. The van der Waals surface area contributed by atoms with Gasteiger partial charge in [-0.05, 0) is 61.0 Å².